The van der Waals surface area contributed by atoms with Crippen LogP contribution >= 0.6 is 0 Å². The lowest BCUT2D eigenvalue weighted by atomic mass is 9.90. The first-order valence-corrected chi connectivity index (χ1v) is 8.98. The number of hydrogen-bond donors (Lipinski definition) is 2. The molecule has 2 unspecified atom stereocenters. The third-order valence-electron chi connectivity index (χ3n) is 3.92. The molecule has 0 saturated carbocycles. The Morgan fingerprint density at radius 2 is 2.00 bits per heavy atom. The van der Waals surface area contributed by atoms with E-state index in [2.05, 4.69) is 51.5 Å². The fourth-order valence-electron chi connectivity index (χ4n) is 2.75. The minimum atomic E-state index is -0.0844. The van der Waals surface area contributed by atoms with Crippen molar-refractivity contribution in [3.8, 4) is 0 Å². The Morgan fingerprint density at radius 1 is 1.23 bits per heavy atom. The van der Waals surface area contributed by atoms with Crippen molar-refractivity contribution in [2.75, 3.05) is 13.2 Å². The van der Waals surface area contributed by atoms with Gasteiger partial charge in [-0.05, 0) is 45.6 Å². The number of hydroxylamine groups is 1. The molecule has 4 nitrogen and oxygen atoms in total. The number of ether oxygens (including phenoxy) is 1. The molecule has 2 N–H and O–H groups in total. The zero-order valence-electron chi connectivity index (χ0n) is 15.2. The second-order valence-electron chi connectivity index (χ2n) is 7.21. The van der Waals surface area contributed by atoms with Gasteiger partial charge >= 0.3 is 0 Å². The number of nitrogens with one attached hydrogen (secondary N) is 2. The maximum absolute atomic E-state index is 5.70. The fraction of sp³-hybridized carbons (Fsp3) is 0.889. The van der Waals surface area contributed by atoms with Gasteiger partial charge < -0.3 is 14.9 Å². The van der Waals surface area contributed by atoms with E-state index < -0.39 is 0 Å². The zero-order valence-corrected chi connectivity index (χ0v) is 15.2. The Labute approximate surface area is 137 Å². The summed E-state index contributed by atoms with van der Waals surface area (Å²) in [5.74, 6) is 1.51. The molecule has 0 aromatic carbocycles. The van der Waals surface area contributed by atoms with Crippen LogP contribution in [-0.2, 0) is 9.57 Å². The molecule has 0 fully saturated rings. The average molecular weight is 312 g/mol. The van der Waals surface area contributed by atoms with E-state index in [0.717, 1.165) is 12.4 Å². The third-order valence-corrected chi connectivity index (χ3v) is 3.92. The Bertz CT molecular complexity index is 324. The molecule has 22 heavy (non-hydrogen) atoms. The molecule has 0 aliphatic carbocycles. The molecule has 1 aliphatic heterocycles. The normalized spacial score (nSPS) is 19.7. The smallest absolute Gasteiger partial charge is 0.209 e. The van der Waals surface area contributed by atoms with Crippen molar-refractivity contribution in [1.29, 1.82) is 0 Å². The van der Waals surface area contributed by atoms with E-state index in [9.17, 15) is 0 Å². The van der Waals surface area contributed by atoms with Crippen LogP contribution in [-0.4, -0.2) is 24.8 Å². The molecule has 1 aliphatic rings. The summed E-state index contributed by atoms with van der Waals surface area (Å²) in [6.07, 6.45) is 9.88. The molecule has 2 atom stereocenters. The molecule has 130 valence electrons. The van der Waals surface area contributed by atoms with Crippen molar-refractivity contribution < 1.29 is 9.57 Å². The molecule has 1 heterocycles. The zero-order chi connectivity index (χ0) is 16.4. The van der Waals surface area contributed by atoms with E-state index in [1.54, 1.807) is 0 Å². The predicted octanol–water partition coefficient (Wildman–Crippen LogP) is 4.13. The molecule has 0 amide bonds. The molecule has 0 aromatic rings. The Kier molecular flexibility index (Phi) is 8.88. The minimum absolute atomic E-state index is 0.0844. The van der Waals surface area contributed by atoms with Crippen LogP contribution in [0.2, 0.25) is 0 Å². The molecule has 1 rings (SSSR count). The van der Waals surface area contributed by atoms with Gasteiger partial charge in [-0.3, -0.25) is 0 Å². The van der Waals surface area contributed by atoms with E-state index in [0.29, 0.717) is 18.6 Å². The van der Waals surface area contributed by atoms with Crippen LogP contribution < -0.4 is 10.8 Å². The second-order valence-corrected chi connectivity index (χ2v) is 7.21. The topological polar surface area (TPSA) is 42.5 Å². The molecular formula is C18H36N2O2. The quantitative estimate of drug-likeness (QED) is 0.563. The van der Waals surface area contributed by atoms with Gasteiger partial charge in [0, 0.05) is 6.54 Å². The molecule has 0 aromatic heterocycles. The summed E-state index contributed by atoms with van der Waals surface area (Å²) < 4.78 is 5.70. The van der Waals surface area contributed by atoms with Gasteiger partial charge in [-0.1, -0.05) is 39.5 Å². The van der Waals surface area contributed by atoms with Gasteiger partial charge in [0.2, 0.25) is 5.88 Å². The van der Waals surface area contributed by atoms with Crippen LogP contribution in [0.4, 0.5) is 0 Å². The van der Waals surface area contributed by atoms with Gasteiger partial charge in [-0.25, -0.2) is 0 Å². The summed E-state index contributed by atoms with van der Waals surface area (Å²) in [7, 11) is 0. The fourth-order valence-corrected chi connectivity index (χ4v) is 2.75. The van der Waals surface area contributed by atoms with Crippen molar-refractivity contribution in [2.24, 2.45) is 5.92 Å². The van der Waals surface area contributed by atoms with Gasteiger partial charge in [0.05, 0.1) is 18.2 Å². The lowest BCUT2D eigenvalue weighted by molar-refractivity contribution is -0.00276. The second kappa shape index (κ2) is 10.1. The van der Waals surface area contributed by atoms with Crippen molar-refractivity contribution in [3.05, 3.63) is 12.0 Å². The summed E-state index contributed by atoms with van der Waals surface area (Å²) in [5.41, 5.74) is 3.10. The van der Waals surface area contributed by atoms with Crippen molar-refractivity contribution in [2.45, 2.75) is 84.8 Å². The van der Waals surface area contributed by atoms with Crippen LogP contribution in [0.1, 0.15) is 73.1 Å². The summed E-state index contributed by atoms with van der Waals surface area (Å²) in [4.78, 5) is 5.58. The SMILES string of the molecule is CCCCCC(CCC)C1C=C(NCCOC(C)(C)C)ON1. The highest BCUT2D eigenvalue weighted by molar-refractivity contribution is 5.04. The first kappa shape index (κ1) is 19.3. The first-order chi connectivity index (χ1) is 10.5. The third kappa shape index (κ3) is 8.04. The maximum atomic E-state index is 5.70. The van der Waals surface area contributed by atoms with E-state index in [1.165, 1.54) is 38.5 Å². The van der Waals surface area contributed by atoms with Crippen LogP contribution in [0, 0.1) is 5.92 Å². The summed E-state index contributed by atoms with van der Waals surface area (Å²) in [5, 5.41) is 3.30. The minimum Gasteiger partial charge on any atom is -0.391 e. The molecule has 0 saturated heterocycles. The van der Waals surface area contributed by atoms with Gasteiger partial charge in [0.1, 0.15) is 0 Å². The lowest BCUT2D eigenvalue weighted by Crippen LogP contribution is -2.30. The monoisotopic (exact) mass is 312 g/mol. The maximum Gasteiger partial charge on any atom is 0.209 e. The van der Waals surface area contributed by atoms with Gasteiger partial charge in [-0.15, -0.1) is 5.48 Å². The molecular weight excluding hydrogens is 276 g/mol. The van der Waals surface area contributed by atoms with Crippen LogP contribution in [0.3, 0.4) is 0 Å². The summed E-state index contributed by atoms with van der Waals surface area (Å²) in [6, 6.07) is 0.336. The van der Waals surface area contributed by atoms with E-state index in [1.807, 2.05) is 0 Å². The van der Waals surface area contributed by atoms with Crippen molar-refractivity contribution in [1.82, 2.24) is 10.8 Å². The lowest BCUT2D eigenvalue weighted by Gasteiger charge is -2.20. The van der Waals surface area contributed by atoms with Gasteiger partial charge in [0.25, 0.3) is 0 Å². The standard InChI is InChI=1S/C18H36N2O2/c1-6-8-9-11-15(10-7-2)16-14-17(22-20-16)19-12-13-21-18(3,4)5/h14-16,19-20H,6-13H2,1-5H3. The molecule has 0 radical (unpaired) electrons. The van der Waals surface area contributed by atoms with Crippen LogP contribution in [0.15, 0.2) is 12.0 Å². The van der Waals surface area contributed by atoms with E-state index in [4.69, 9.17) is 9.57 Å². The van der Waals surface area contributed by atoms with Gasteiger partial charge in [-0.2, -0.15) is 0 Å². The summed E-state index contributed by atoms with van der Waals surface area (Å²) >= 11 is 0. The van der Waals surface area contributed by atoms with Gasteiger partial charge in [0.15, 0.2) is 0 Å². The highest BCUT2D eigenvalue weighted by Crippen LogP contribution is 2.23. The molecule has 0 bridgehead atoms. The van der Waals surface area contributed by atoms with Crippen molar-refractivity contribution in [3.63, 3.8) is 0 Å². The Balaban J connectivity index is 2.33. The number of hydrogen-bond acceptors (Lipinski definition) is 4. The van der Waals surface area contributed by atoms with Crippen LogP contribution in [0.25, 0.3) is 0 Å². The number of unbranched alkanes of at least 4 members (excludes halogenated alkanes) is 2. The average Bonchev–Trinajstić information content (AvgIpc) is 2.90. The number of rotatable bonds is 11. The first-order valence-electron chi connectivity index (χ1n) is 8.98. The Hall–Kier alpha value is -0.740. The highest BCUT2D eigenvalue weighted by atomic mass is 16.7. The van der Waals surface area contributed by atoms with Crippen LogP contribution in [0.5, 0.6) is 0 Å². The largest absolute Gasteiger partial charge is 0.391 e. The molecule has 4 heteroatoms. The molecule has 0 spiro atoms. The van der Waals surface area contributed by atoms with E-state index in [-0.39, 0.29) is 5.60 Å². The Morgan fingerprint density at radius 3 is 2.64 bits per heavy atom. The predicted molar refractivity (Wildman–Crippen MR) is 92.3 cm³/mol. The summed E-state index contributed by atoms with van der Waals surface area (Å²) in [6.45, 7) is 12.2. The highest BCUT2D eigenvalue weighted by Gasteiger charge is 2.25. The van der Waals surface area contributed by atoms with Crippen molar-refractivity contribution >= 4 is 0 Å². The van der Waals surface area contributed by atoms with E-state index >= 15 is 0 Å².